The third-order valence-corrected chi connectivity index (χ3v) is 4.56. The summed E-state index contributed by atoms with van der Waals surface area (Å²) in [6.45, 7) is 4.14. The maximum Gasteiger partial charge on any atom is 0.155 e. The van der Waals surface area contributed by atoms with Crippen molar-refractivity contribution in [2.24, 2.45) is 5.41 Å². The molecular weight excluding hydrogens is 234 g/mol. The number of rotatable bonds is 2. The molecule has 2 aliphatic rings. The van der Waals surface area contributed by atoms with Crippen LogP contribution in [-0.4, -0.2) is 18.9 Å². The Morgan fingerprint density at radius 2 is 2.00 bits per heavy atom. The highest BCUT2D eigenvalue weighted by molar-refractivity contribution is 5.91. The van der Waals surface area contributed by atoms with Gasteiger partial charge in [0.1, 0.15) is 0 Å². The van der Waals surface area contributed by atoms with Gasteiger partial charge in [0, 0.05) is 18.4 Å². The molecule has 0 bridgehead atoms. The topological polar surface area (TPSA) is 29.1 Å². The lowest BCUT2D eigenvalue weighted by Gasteiger charge is -2.42. The molecule has 1 aromatic rings. The maximum absolute atomic E-state index is 11.7. The summed E-state index contributed by atoms with van der Waals surface area (Å²) >= 11 is 0. The second kappa shape index (κ2) is 4.93. The van der Waals surface area contributed by atoms with Gasteiger partial charge in [-0.15, -0.1) is 0 Å². The van der Waals surface area contributed by atoms with Gasteiger partial charge >= 0.3 is 0 Å². The summed E-state index contributed by atoms with van der Waals surface area (Å²) in [4.78, 5) is 11.7. The first kappa shape index (κ1) is 12.6. The SMILES string of the molecule is Cc1ccc(CC23CCC(=O)C=C2CCNC3)cc1. The molecule has 0 aromatic heterocycles. The molecule has 1 aromatic carbocycles. The van der Waals surface area contributed by atoms with Gasteiger partial charge in [0.2, 0.25) is 0 Å². The molecule has 0 amide bonds. The molecule has 1 aliphatic carbocycles. The highest BCUT2D eigenvalue weighted by Crippen LogP contribution is 2.42. The average molecular weight is 255 g/mol. The van der Waals surface area contributed by atoms with Gasteiger partial charge in [-0.1, -0.05) is 35.4 Å². The number of ketones is 1. The predicted molar refractivity (Wildman–Crippen MR) is 77.1 cm³/mol. The first-order chi connectivity index (χ1) is 9.18. The number of allylic oxidation sites excluding steroid dienone is 1. The van der Waals surface area contributed by atoms with Gasteiger partial charge in [-0.2, -0.15) is 0 Å². The maximum atomic E-state index is 11.7. The highest BCUT2D eigenvalue weighted by atomic mass is 16.1. The van der Waals surface area contributed by atoms with E-state index in [0.717, 1.165) is 32.4 Å². The first-order valence-corrected chi connectivity index (χ1v) is 7.18. The number of carbonyl (C=O) groups is 1. The van der Waals surface area contributed by atoms with E-state index in [1.807, 2.05) is 6.08 Å². The normalized spacial score (nSPS) is 26.8. The van der Waals surface area contributed by atoms with Gasteiger partial charge in [-0.25, -0.2) is 0 Å². The second-order valence-corrected chi connectivity index (χ2v) is 6.01. The monoisotopic (exact) mass is 255 g/mol. The average Bonchev–Trinajstić information content (AvgIpc) is 2.42. The lowest BCUT2D eigenvalue weighted by atomic mass is 9.66. The van der Waals surface area contributed by atoms with Crippen LogP contribution in [0.4, 0.5) is 0 Å². The van der Waals surface area contributed by atoms with Crippen LogP contribution in [0.1, 0.15) is 30.4 Å². The Bertz CT molecular complexity index is 515. The van der Waals surface area contributed by atoms with E-state index in [9.17, 15) is 4.79 Å². The predicted octanol–water partition coefficient (Wildman–Crippen LogP) is 2.81. The lowest BCUT2D eigenvalue weighted by Crippen LogP contribution is -2.45. The molecule has 19 heavy (non-hydrogen) atoms. The van der Waals surface area contributed by atoms with Gasteiger partial charge in [0.25, 0.3) is 0 Å². The van der Waals surface area contributed by atoms with Crippen molar-refractivity contribution in [1.29, 1.82) is 0 Å². The van der Waals surface area contributed by atoms with Crippen LogP contribution in [0.15, 0.2) is 35.9 Å². The van der Waals surface area contributed by atoms with Crippen molar-refractivity contribution in [1.82, 2.24) is 5.32 Å². The van der Waals surface area contributed by atoms with Gasteiger partial charge in [-0.05, 0) is 44.4 Å². The van der Waals surface area contributed by atoms with Crippen LogP contribution >= 0.6 is 0 Å². The highest BCUT2D eigenvalue weighted by Gasteiger charge is 2.39. The minimum Gasteiger partial charge on any atom is -0.316 e. The Morgan fingerprint density at radius 1 is 1.21 bits per heavy atom. The van der Waals surface area contributed by atoms with E-state index < -0.39 is 0 Å². The molecule has 1 unspecified atom stereocenters. The Morgan fingerprint density at radius 3 is 2.79 bits per heavy atom. The first-order valence-electron chi connectivity index (χ1n) is 7.18. The molecule has 0 radical (unpaired) electrons. The number of hydrogen-bond acceptors (Lipinski definition) is 2. The minimum atomic E-state index is 0.182. The summed E-state index contributed by atoms with van der Waals surface area (Å²) in [6, 6.07) is 8.82. The zero-order chi connectivity index (χ0) is 13.3. The van der Waals surface area contributed by atoms with Crippen molar-refractivity contribution in [3.8, 4) is 0 Å². The fourth-order valence-corrected chi connectivity index (χ4v) is 3.39. The molecule has 1 fully saturated rings. The number of nitrogens with one attached hydrogen (secondary N) is 1. The molecule has 1 atom stereocenters. The van der Waals surface area contributed by atoms with E-state index in [-0.39, 0.29) is 5.41 Å². The van der Waals surface area contributed by atoms with Crippen molar-refractivity contribution < 1.29 is 4.79 Å². The van der Waals surface area contributed by atoms with Gasteiger partial charge < -0.3 is 5.32 Å². The van der Waals surface area contributed by atoms with Crippen LogP contribution in [0.5, 0.6) is 0 Å². The number of aryl methyl sites for hydroxylation is 1. The summed E-state index contributed by atoms with van der Waals surface area (Å²) in [5.74, 6) is 0.316. The molecule has 0 spiro atoms. The Hall–Kier alpha value is -1.41. The van der Waals surface area contributed by atoms with Crippen LogP contribution in [0.3, 0.4) is 0 Å². The molecule has 0 saturated carbocycles. The van der Waals surface area contributed by atoms with E-state index >= 15 is 0 Å². The smallest absolute Gasteiger partial charge is 0.155 e. The zero-order valence-corrected chi connectivity index (χ0v) is 11.5. The molecule has 1 heterocycles. The van der Waals surface area contributed by atoms with E-state index in [2.05, 4.69) is 36.5 Å². The standard InChI is InChI=1S/C17H21NO/c1-13-2-4-14(5-3-13)11-17-8-6-16(19)10-15(17)7-9-18-12-17/h2-5,10,18H,6-9,11-12H2,1H3. The van der Waals surface area contributed by atoms with E-state index in [0.29, 0.717) is 12.2 Å². The Kier molecular flexibility index (Phi) is 3.28. The van der Waals surface area contributed by atoms with Crippen LogP contribution in [0, 0.1) is 12.3 Å². The molecule has 3 rings (SSSR count). The molecule has 100 valence electrons. The van der Waals surface area contributed by atoms with Crippen LogP contribution in [0.2, 0.25) is 0 Å². The van der Waals surface area contributed by atoms with Gasteiger partial charge in [0.05, 0.1) is 0 Å². The van der Waals surface area contributed by atoms with Crippen molar-refractivity contribution in [3.05, 3.63) is 47.0 Å². The van der Waals surface area contributed by atoms with Crippen molar-refractivity contribution >= 4 is 5.78 Å². The second-order valence-electron chi connectivity index (χ2n) is 6.01. The zero-order valence-electron chi connectivity index (χ0n) is 11.5. The summed E-state index contributed by atoms with van der Waals surface area (Å²) in [5.41, 5.74) is 4.25. The minimum absolute atomic E-state index is 0.182. The summed E-state index contributed by atoms with van der Waals surface area (Å²) in [7, 11) is 0. The third kappa shape index (κ3) is 2.50. The van der Waals surface area contributed by atoms with Crippen LogP contribution in [-0.2, 0) is 11.2 Å². The lowest BCUT2D eigenvalue weighted by molar-refractivity contribution is -0.115. The van der Waals surface area contributed by atoms with E-state index in [1.54, 1.807) is 0 Å². The van der Waals surface area contributed by atoms with E-state index in [4.69, 9.17) is 0 Å². The number of hydrogen-bond donors (Lipinski definition) is 1. The molecule has 1 N–H and O–H groups in total. The van der Waals surface area contributed by atoms with Crippen LogP contribution in [0.25, 0.3) is 0 Å². The Labute approximate surface area is 114 Å². The fraction of sp³-hybridized carbons (Fsp3) is 0.471. The summed E-state index contributed by atoms with van der Waals surface area (Å²) in [5, 5.41) is 3.52. The quantitative estimate of drug-likeness (QED) is 0.880. The molecular formula is C17H21NO. The van der Waals surface area contributed by atoms with Crippen molar-refractivity contribution in [2.45, 2.75) is 32.6 Å². The van der Waals surface area contributed by atoms with Crippen molar-refractivity contribution in [3.63, 3.8) is 0 Å². The summed E-state index contributed by atoms with van der Waals surface area (Å²) in [6.07, 6.45) is 5.71. The van der Waals surface area contributed by atoms with E-state index in [1.165, 1.54) is 16.7 Å². The van der Waals surface area contributed by atoms with Crippen molar-refractivity contribution in [2.75, 3.05) is 13.1 Å². The molecule has 2 nitrogen and oxygen atoms in total. The number of piperidine rings is 1. The largest absolute Gasteiger partial charge is 0.316 e. The Balaban J connectivity index is 1.89. The number of fused-ring (bicyclic) bond motifs is 1. The summed E-state index contributed by atoms with van der Waals surface area (Å²) < 4.78 is 0. The van der Waals surface area contributed by atoms with Gasteiger partial charge in [-0.3, -0.25) is 4.79 Å². The molecule has 1 aliphatic heterocycles. The number of carbonyl (C=O) groups excluding carboxylic acids is 1. The molecule has 1 saturated heterocycles. The molecule has 2 heteroatoms. The number of benzene rings is 1. The van der Waals surface area contributed by atoms with Gasteiger partial charge in [0.15, 0.2) is 5.78 Å². The fourth-order valence-electron chi connectivity index (χ4n) is 3.39. The van der Waals surface area contributed by atoms with Crippen LogP contribution < -0.4 is 5.32 Å². The third-order valence-electron chi connectivity index (χ3n) is 4.56.